The molecule has 0 bridgehead atoms. The maximum atomic E-state index is 12.6. The van der Waals surface area contributed by atoms with E-state index in [0.717, 1.165) is 32.4 Å². The number of alkyl halides is 2. The summed E-state index contributed by atoms with van der Waals surface area (Å²) >= 11 is 0. The van der Waals surface area contributed by atoms with E-state index in [0.29, 0.717) is 29.4 Å². The highest BCUT2D eigenvalue weighted by molar-refractivity contribution is 5.76. The Hall–Kier alpha value is -2.09. The maximum Gasteiger partial charge on any atom is 0.387 e. The number of hydrogen-bond acceptors (Lipinski definition) is 5. The van der Waals surface area contributed by atoms with Crippen LogP contribution in [0, 0.1) is 5.92 Å². The minimum atomic E-state index is -2.95. The molecule has 0 unspecified atom stereocenters. The third-order valence-corrected chi connectivity index (χ3v) is 4.49. The standard InChI is InChI=1S/C17H22F2N2O4/c18-17(19)25-13-8-15-14(23-10-24-15)7-12(13)9-21-16(22)2-1-11-3-5-20-6-4-11/h7-8,11,17,20H,1-6,9-10H2,(H,21,22). The van der Waals surface area contributed by atoms with Gasteiger partial charge in [0, 0.05) is 24.6 Å². The van der Waals surface area contributed by atoms with Gasteiger partial charge >= 0.3 is 6.61 Å². The van der Waals surface area contributed by atoms with Crippen LogP contribution >= 0.6 is 0 Å². The Morgan fingerprint density at radius 2 is 2.00 bits per heavy atom. The highest BCUT2D eigenvalue weighted by atomic mass is 19.3. The molecule has 0 saturated carbocycles. The second kappa shape index (κ2) is 8.33. The van der Waals surface area contributed by atoms with Crippen molar-refractivity contribution in [1.82, 2.24) is 10.6 Å². The molecule has 1 fully saturated rings. The molecule has 0 radical (unpaired) electrons. The number of nitrogens with one attached hydrogen (secondary N) is 2. The summed E-state index contributed by atoms with van der Waals surface area (Å²) in [5.41, 5.74) is 0.430. The zero-order valence-electron chi connectivity index (χ0n) is 13.9. The van der Waals surface area contributed by atoms with E-state index in [1.165, 1.54) is 6.07 Å². The molecular formula is C17H22F2N2O4. The number of carbonyl (C=O) groups excluding carboxylic acids is 1. The van der Waals surface area contributed by atoms with Gasteiger partial charge in [-0.15, -0.1) is 0 Å². The number of rotatable bonds is 7. The molecule has 2 aliphatic heterocycles. The van der Waals surface area contributed by atoms with Crippen molar-refractivity contribution in [3.05, 3.63) is 17.7 Å². The number of halogens is 2. The normalized spacial score (nSPS) is 16.9. The van der Waals surface area contributed by atoms with Gasteiger partial charge in [0.1, 0.15) is 5.75 Å². The van der Waals surface area contributed by atoms with Crippen molar-refractivity contribution in [2.45, 2.75) is 38.8 Å². The van der Waals surface area contributed by atoms with E-state index in [-0.39, 0.29) is 25.0 Å². The van der Waals surface area contributed by atoms with Crippen LogP contribution in [0.4, 0.5) is 8.78 Å². The van der Waals surface area contributed by atoms with E-state index in [2.05, 4.69) is 15.4 Å². The molecular weight excluding hydrogens is 334 g/mol. The van der Waals surface area contributed by atoms with Crippen LogP contribution in [0.1, 0.15) is 31.2 Å². The fourth-order valence-electron chi connectivity index (χ4n) is 3.10. The lowest BCUT2D eigenvalue weighted by Gasteiger charge is -2.22. The summed E-state index contributed by atoms with van der Waals surface area (Å²) in [6.07, 6.45) is 3.44. The third-order valence-electron chi connectivity index (χ3n) is 4.49. The molecule has 0 aliphatic carbocycles. The Morgan fingerprint density at radius 3 is 2.72 bits per heavy atom. The number of carbonyl (C=O) groups is 1. The monoisotopic (exact) mass is 356 g/mol. The number of ether oxygens (including phenoxy) is 3. The second-order valence-corrected chi connectivity index (χ2v) is 6.20. The van der Waals surface area contributed by atoms with Gasteiger partial charge in [0.15, 0.2) is 11.5 Å². The fourth-order valence-corrected chi connectivity index (χ4v) is 3.10. The van der Waals surface area contributed by atoms with Crippen LogP contribution in [-0.2, 0) is 11.3 Å². The van der Waals surface area contributed by atoms with Crippen molar-refractivity contribution in [3.63, 3.8) is 0 Å². The quantitative estimate of drug-likeness (QED) is 0.785. The molecule has 8 heteroatoms. The highest BCUT2D eigenvalue weighted by Crippen LogP contribution is 2.38. The molecule has 6 nitrogen and oxygen atoms in total. The first-order valence-electron chi connectivity index (χ1n) is 8.46. The Bertz CT molecular complexity index is 607. The van der Waals surface area contributed by atoms with Gasteiger partial charge < -0.3 is 24.8 Å². The molecule has 0 spiro atoms. The lowest BCUT2D eigenvalue weighted by molar-refractivity contribution is -0.121. The van der Waals surface area contributed by atoms with Gasteiger partial charge in [-0.05, 0) is 44.3 Å². The molecule has 1 amide bonds. The molecule has 0 atom stereocenters. The van der Waals surface area contributed by atoms with E-state index in [9.17, 15) is 13.6 Å². The Kier molecular flexibility index (Phi) is 5.91. The van der Waals surface area contributed by atoms with Gasteiger partial charge in [-0.1, -0.05) is 0 Å². The zero-order chi connectivity index (χ0) is 17.6. The molecule has 3 rings (SSSR count). The average molecular weight is 356 g/mol. The van der Waals surface area contributed by atoms with E-state index < -0.39 is 6.61 Å². The van der Waals surface area contributed by atoms with Gasteiger partial charge in [0.25, 0.3) is 0 Å². The second-order valence-electron chi connectivity index (χ2n) is 6.20. The summed E-state index contributed by atoms with van der Waals surface area (Å²) in [5, 5.41) is 6.06. The predicted octanol–water partition coefficient (Wildman–Crippen LogP) is 2.41. The summed E-state index contributed by atoms with van der Waals surface area (Å²) in [6.45, 7) is -0.816. The van der Waals surface area contributed by atoms with E-state index in [1.807, 2.05) is 0 Å². The van der Waals surface area contributed by atoms with Crippen molar-refractivity contribution < 1.29 is 27.8 Å². The molecule has 25 heavy (non-hydrogen) atoms. The van der Waals surface area contributed by atoms with Gasteiger partial charge in [0.2, 0.25) is 12.7 Å². The summed E-state index contributed by atoms with van der Waals surface area (Å²) in [7, 11) is 0. The highest BCUT2D eigenvalue weighted by Gasteiger charge is 2.20. The molecule has 2 N–H and O–H groups in total. The van der Waals surface area contributed by atoms with E-state index in [4.69, 9.17) is 9.47 Å². The Morgan fingerprint density at radius 1 is 1.28 bits per heavy atom. The summed E-state index contributed by atoms with van der Waals surface area (Å²) in [5.74, 6) is 1.27. The molecule has 1 saturated heterocycles. The predicted molar refractivity (Wildman–Crippen MR) is 85.9 cm³/mol. The van der Waals surface area contributed by atoms with Crippen LogP contribution < -0.4 is 24.8 Å². The van der Waals surface area contributed by atoms with Gasteiger partial charge in [0.05, 0.1) is 0 Å². The molecule has 0 aromatic heterocycles. The molecule has 1 aromatic rings. The van der Waals surface area contributed by atoms with E-state index in [1.54, 1.807) is 6.07 Å². The number of piperidine rings is 1. The molecule has 138 valence electrons. The minimum Gasteiger partial charge on any atom is -0.454 e. The van der Waals surface area contributed by atoms with Crippen molar-refractivity contribution in [2.75, 3.05) is 19.9 Å². The topological polar surface area (TPSA) is 68.8 Å². The van der Waals surface area contributed by atoms with Crippen LogP contribution in [0.25, 0.3) is 0 Å². The van der Waals surface area contributed by atoms with Crippen LogP contribution in [-0.4, -0.2) is 32.4 Å². The minimum absolute atomic E-state index is 0.0158. The van der Waals surface area contributed by atoms with Gasteiger partial charge in [-0.25, -0.2) is 0 Å². The largest absolute Gasteiger partial charge is 0.454 e. The van der Waals surface area contributed by atoms with Crippen LogP contribution in [0.15, 0.2) is 12.1 Å². The van der Waals surface area contributed by atoms with Crippen molar-refractivity contribution in [2.24, 2.45) is 5.92 Å². The Labute approximate surface area is 144 Å². The average Bonchev–Trinajstić information content (AvgIpc) is 3.05. The lowest BCUT2D eigenvalue weighted by Crippen LogP contribution is -2.29. The van der Waals surface area contributed by atoms with Crippen LogP contribution in [0.3, 0.4) is 0 Å². The summed E-state index contributed by atoms with van der Waals surface area (Å²) in [4.78, 5) is 12.1. The molecule has 1 aromatic carbocycles. The van der Waals surface area contributed by atoms with Crippen LogP contribution in [0.5, 0.6) is 17.2 Å². The lowest BCUT2D eigenvalue weighted by atomic mass is 9.93. The van der Waals surface area contributed by atoms with Gasteiger partial charge in [-0.2, -0.15) is 8.78 Å². The number of hydrogen-bond donors (Lipinski definition) is 2. The first-order chi connectivity index (χ1) is 12.1. The molecule has 2 aliphatic rings. The summed E-state index contributed by atoms with van der Waals surface area (Å²) in [6, 6.07) is 2.93. The van der Waals surface area contributed by atoms with E-state index >= 15 is 0 Å². The SMILES string of the molecule is O=C(CCC1CCNCC1)NCc1cc2c(cc1OC(F)F)OCO2. The zero-order valence-corrected chi connectivity index (χ0v) is 13.9. The third kappa shape index (κ3) is 4.94. The maximum absolute atomic E-state index is 12.6. The number of fused-ring (bicyclic) bond motifs is 1. The first-order valence-corrected chi connectivity index (χ1v) is 8.46. The van der Waals surface area contributed by atoms with Crippen molar-refractivity contribution in [1.29, 1.82) is 0 Å². The van der Waals surface area contributed by atoms with Gasteiger partial charge in [-0.3, -0.25) is 4.79 Å². The first kappa shape index (κ1) is 17.7. The number of amides is 1. The van der Waals surface area contributed by atoms with Crippen molar-refractivity contribution >= 4 is 5.91 Å². The number of benzene rings is 1. The molecule has 2 heterocycles. The Balaban J connectivity index is 1.55. The van der Waals surface area contributed by atoms with Crippen LogP contribution in [0.2, 0.25) is 0 Å². The smallest absolute Gasteiger partial charge is 0.387 e. The van der Waals surface area contributed by atoms with Crippen molar-refractivity contribution in [3.8, 4) is 17.2 Å². The summed E-state index contributed by atoms with van der Waals surface area (Å²) < 4.78 is 40.1. The fraction of sp³-hybridized carbons (Fsp3) is 0.588.